The van der Waals surface area contributed by atoms with E-state index in [9.17, 15) is 22.0 Å². The molecule has 230 valence electrons. The predicted molar refractivity (Wildman–Crippen MR) is 159 cm³/mol. The molecule has 43 heavy (non-hydrogen) atoms. The van der Waals surface area contributed by atoms with Crippen LogP contribution in [0.15, 0.2) is 30.6 Å². The number of hydrogen-bond acceptors (Lipinski definition) is 8. The number of aliphatic carboxylic acids is 1. The lowest BCUT2D eigenvalue weighted by Crippen LogP contribution is -2.40. The van der Waals surface area contributed by atoms with Gasteiger partial charge in [-0.2, -0.15) is 5.10 Å². The third-order valence-corrected chi connectivity index (χ3v) is 9.99. The highest BCUT2D eigenvalue weighted by Gasteiger charge is 2.45. The largest absolute Gasteiger partial charge is 0.480 e. The first-order chi connectivity index (χ1) is 20.3. The van der Waals surface area contributed by atoms with E-state index in [-0.39, 0.29) is 25.9 Å². The lowest BCUT2D eigenvalue weighted by molar-refractivity contribution is -0.134. The summed E-state index contributed by atoms with van der Waals surface area (Å²) >= 11 is 0. The van der Waals surface area contributed by atoms with Crippen molar-refractivity contribution in [3.8, 4) is 16.9 Å². The monoisotopic (exact) mass is 615 g/mol. The van der Waals surface area contributed by atoms with Gasteiger partial charge in [0.15, 0.2) is 5.75 Å². The van der Waals surface area contributed by atoms with Crippen molar-refractivity contribution >= 4 is 33.3 Å². The summed E-state index contributed by atoms with van der Waals surface area (Å²) in [5.41, 5.74) is 5.06. The van der Waals surface area contributed by atoms with Gasteiger partial charge in [0.1, 0.15) is 0 Å². The molecule has 1 saturated carbocycles. The minimum absolute atomic E-state index is 0.178. The summed E-state index contributed by atoms with van der Waals surface area (Å²) in [7, 11) is -4.10. The van der Waals surface area contributed by atoms with Gasteiger partial charge in [-0.05, 0) is 68.7 Å². The molecule has 2 saturated heterocycles. The molecule has 2 aromatic heterocycles. The topological polar surface area (TPSA) is 134 Å². The molecule has 1 aromatic carbocycles. The molecule has 0 unspecified atom stereocenters. The van der Waals surface area contributed by atoms with Crippen molar-refractivity contribution in [3.63, 3.8) is 0 Å². The van der Waals surface area contributed by atoms with E-state index in [0.717, 1.165) is 42.9 Å². The number of benzene rings is 1. The van der Waals surface area contributed by atoms with Crippen molar-refractivity contribution in [1.82, 2.24) is 19.7 Å². The number of rotatable bonds is 8. The molecular formula is C29H35F2N7O4S. The van der Waals surface area contributed by atoms with Gasteiger partial charge in [0.25, 0.3) is 5.92 Å². The summed E-state index contributed by atoms with van der Waals surface area (Å²) in [5, 5.41) is 13.7. The van der Waals surface area contributed by atoms with E-state index in [4.69, 9.17) is 10.1 Å². The summed E-state index contributed by atoms with van der Waals surface area (Å²) in [6, 6.07) is 5.24. The molecule has 0 bridgehead atoms. The third-order valence-electron chi connectivity index (χ3n) is 8.83. The van der Waals surface area contributed by atoms with Gasteiger partial charge in [0.05, 0.1) is 29.0 Å². The second kappa shape index (κ2) is 10.7. The van der Waals surface area contributed by atoms with Crippen LogP contribution in [0, 0.1) is 19.3 Å². The number of carboxylic acids is 1. The number of carboxylic acid groups (broad SMARTS) is 1. The summed E-state index contributed by atoms with van der Waals surface area (Å²) in [4.78, 5) is 24.3. The van der Waals surface area contributed by atoms with Crippen LogP contribution in [0.4, 0.5) is 26.1 Å². The number of anilines is 3. The predicted octanol–water partition coefficient (Wildman–Crippen LogP) is 4.39. The maximum atomic E-state index is 13.7. The Morgan fingerprint density at radius 1 is 1.00 bits per heavy atom. The van der Waals surface area contributed by atoms with Crippen molar-refractivity contribution in [2.45, 2.75) is 58.3 Å². The molecule has 2 N–H and O–H groups in total. The van der Waals surface area contributed by atoms with Crippen LogP contribution in [0.3, 0.4) is 0 Å². The van der Waals surface area contributed by atoms with E-state index in [1.54, 1.807) is 27.9 Å². The summed E-state index contributed by atoms with van der Waals surface area (Å²) < 4.78 is 56.6. The van der Waals surface area contributed by atoms with Gasteiger partial charge in [-0.1, -0.05) is 0 Å². The molecule has 11 nitrogen and oxygen atoms in total. The number of halogens is 2. The molecule has 3 aliphatic rings. The van der Waals surface area contributed by atoms with E-state index < -0.39 is 27.7 Å². The molecule has 4 heterocycles. The number of sulfonamides is 1. The Balaban J connectivity index is 1.34. The molecule has 1 aliphatic carbocycles. The second-order valence-electron chi connectivity index (χ2n) is 12.1. The second-order valence-corrected chi connectivity index (χ2v) is 13.8. The Kier molecular flexibility index (Phi) is 7.30. The van der Waals surface area contributed by atoms with Gasteiger partial charge < -0.3 is 14.9 Å². The Labute approximate surface area is 249 Å². The molecule has 2 aliphatic heterocycles. The maximum Gasteiger partial charge on any atom is 0.320 e. The summed E-state index contributed by atoms with van der Waals surface area (Å²) in [6.45, 7) is 5.65. The molecule has 1 spiro atoms. The lowest BCUT2D eigenvalue weighted by Gasteiger charge is -2.36. The summed E-state index contributed by atoms with van der Waals surface area (Å²) in [5.74, 6) is -4.72. The molecule has 6 rings (SSSR count). The fourth-order valence-corrected chi connectivity index (χ4v) is 7.04. The minimum Gasteiger partial charge on any atom is -0.480 e. The number of piperidine rings is 2. The van der Waals surface area contributed by atoms with Crippen molar-refractivity contribution < 1.29 is 27.1 Å². The van der Waals surface area contributed by atoms with Gasteiger partial charge in [0, 0.05) is 56.5 Å². The van der Waals surface area contributed by atoms with Crippen molar-refractivity contribution in [1.29, 1.82) is 0 Å². The molecular weight excluding hydrogens is 580 g/mol. The summed E-state index contributed by atoms with van der Waals surface area (Å²) in [6.07, 6.45) is 7.64. The first kappa shape index (κ1) is 29.3. The van der Waals surface area contributed by atoms with Gasteiger partial charge in [0.2, 0.25) is 16.0 Å². The third kappa shape index (κ3) is 6.29. The normalized spacial score (nSPS) is 19.4. The first-order valence-electron chi connectivity index (χ1n) is 14.5. The van der Waals surface area contributed by atoms with E-state index in [2.05, 4.69) is 19.7 Å². The van der Waals surface area contributed by atoms with Crippen LogP contribution < -0.4 is 14.5 Å². The van der Waals surface area contributed by atoms with Crippen LogP contribution in [0.2, 0.25) is 0 Å². The number of aromatic nitrogens is 4. The van der Waals surface area contributed by atoms with E-state index in [0.29, 0.717) is 34.0 Å². The van der Waals surface area contributed by atoms with Gasteiger partial charge in [-0.15, -0.1) is 0 Å². The maximum absolute atomic E-state index is 13.7. The van der Waals surface area contributed by atoms with Gasteiger partial charge in [-0.3, -0.25) is 9.52 Å². The van der Waals surface area contributed by atoms with Gasteiger partial charge >= 0.3 is 5.97 Å². The van der Waals surface area contributed by atoms with Crippen molar-refractivity contribution in [2.75, 3.05) is 46.5 Å². The van der Waals surface area contributed by atoms with Gasteiger partial charge in [-0.25, -0.2) is 31.8 Å². The minimum atomic E-state index is -4.10. The number of carbonyl (C=O) groups is 1. The van der Waals surface area contributed by atoms with Crippen LogP contribution in [-0.2, 0) is 14.8 Å². The van der Waals surface area contributed by atoms with E-state index >= 15 is 0 Å². The zero-order valence-electron chi connectivity index (χ0n) is 24.2. The SMILES string of the molecule is Cc1cc(-c2cnn(-c3ccc(NS(=O)(=O)CC(=O)O)c(C)c3N3CCC4(CC3)CC4)c2)nc(N2CCC(F)(F)CC2)n1. The fraction of sp³-hybridized carbons (Fsp3) is 0.517. The Hall–Kier alpha value is -3.81. The molecule has 0 radical (unpaired) electrons. The van der Waals surface area contributed by atoms with Crippen LogP contribution >= 0.6 is 0 Å². The quantitative estimate of drug-likeness (QED) is 0.379. The van der Waals surface area contributed by atoms with Crippen LogP contribution in [0.5, 0.6) is 0 Å². The van der Waals surface area contributed by atoms with Crippen molar-refractivity contribution in [3.05, 3.63) is 41.9 Å². The Morgan fingerprint density at radius 3 is 2.33 bits per heavy atom. The molecule has 3 fully saturated rings. The number of aryl methyl sites for hydroxylation is 1. The zero-order valence-corrected chi connectivity index (χ0v) is 25.0. The highest BCUT2D eigenvalue weighted by Crippen LogP contribution is 2.54. The number of nitrogens with one attached hydrogen (secondary N) is 1. The Bertz CT molecular complexity index is 1650. The smallest absolute Gasteiger partial charge is 0.320 e. The highest BCUT2D eigenvalue weighted by molar-refractivity contribution is 7.93. The molecule has 0 amide bonds. The van der Waals surface area contributed by atoms with Crippen molar-refractivity contribution in [2.24, 2.45) is 5.41 Å². The van der Waals surface area contributed by atoms with Crippen LogP contribution in [0.25, 0.3) is 16.9 Å². The van der Waals surface area contributed by atoms with Crippen LogP contribution in [-0.4, -0.2) is 77.1 Å². The highest BCUT2D eigenvalue weighted by atomic mass is 32.2. The standard InChI is InChI=1S/C29H35F2N7O4S/c1-19-15-23(34-27(33-19)37-13-9-29(30,31)10-14-37)21-16-32-38(17-21)24-4-3-22(35-43(41,42)18-25(39)40)20(2)26(24)36-11-7-28(5-6-28)8-12-36/h3-4,15-17,35H,5-14,18H2,1-2H3,(H,39,40). The van der Waals surface area contributed by atoms with E-state index in [1.165, 1.54) is 12.8 Å². The molecule has 0 atom stereocenters. The van der Waals surface area contributed by atoms with E-state index in [1.807, 2.05) is 26.1 Å². The average Bonchev–Trinajstić information content (AvgIpc) is 3.49. The number of hydrogen-bond donors (Lipinski definition) is 2. The fourth-order valence-electron chi connectivity index (χ4n) is 6.09. The lowest BCUT2D eigenvalue weighted by atomic mass is 9.92. The first-order valence-corrected chi connectivity index (χ1v) is 16.1. The Morgan fingerprint density at radius 2 is 1.67 bits per heavy atom. The number of alkyl halides is 2. The molecule has 14 heteroatoms. The van der Waals surface area contributed by atoms with Crippen LogP contribution in [0.1, 0.15) is 49.8 Å². The average molecular weight is 616 g/mol. The number of nitrogens with zero attached hydrogens (tertiary/aromatic N) is 6. The zero-order chi connectivity index (χ0) is 30.6. The molecule has 3 aromatic rings.